The highest BCUT2D eigenvalue weighted by Crippen LogP contribution is 2.44. The predicted octanol–water partition coefficient (Wildman–Crippen LogP) is 11.6. The van der Waals surface area contributed by atoms with Gasteiger partial charge in [-0.3, -0.25) is 0 Å². The zero-order chi connectivity index (χ0) is 31.9. The summed E-state index contributed by atoms with van der Waals surface area (Å²) in [6.45, 7) is 0. The van der Waals surface area contributed by atoms with Crippen molar-refractivity contribution in [3.63, 3.8) is 0 Å². The maximum Gasteiger partial charge on any atom is 0.134 e. The summed E-state index contributed by atoms with van der Waals surface area (Å²) in [5.74, 6) is 0.884. The Kier molecular flexibility index (Phi) is 6.91. The van der Waals surface area contributed by atoms with Crippen LogP contribution in [0, 0.1) is 0 Å². The normalized spacial score (nSPS) is 14.5. The van der Waals surface area contributed by atoms with Gasteiger partial charge in [0.05, 0.1) is 11.7 Å². The average molecular weight is 613 g/mol. The lowest BCUT2D eigenvalue weighted by Crippen LogP contribution is -2.31. The molecule has 8 aromatic rings. The molecular weight excluding hydrogens is 581 g/mol. The van der Waals surface area contributed by atoms with E-state index in [-0.39, 0.29) is 6.04 Å². The number of fused-ring (bicyclic) bond motifs is 3. The van der Waals surface area contributed by atoms with Crippen molar-refractivity contribution in [3.05, 3.63) is 199 Å². The van der Waals surface area contributed by atoms with Crippen LogP contribution in [0.15, 0.2) is 187 Å². The van der Waals surface area contributed by atoms with Crippen molar-refractivity contribution in [1.29, 1.82) is 0 Å². The molecule has 8 aromatic carbocycles. The van der Waals surface area contributed by atoms with Crippen LogP contribution in [0.5, 0.6) is 0 Å². The summed E-state index contributed by atoms with van der Waals surface area (Å²) in [6.07, 6.45) is 2.24. The Morgan fingerprint density at radius 2 is 0.854 bits per heavy atom. The summed E-state index contributed by atoms with van der Waals surface area (Å²) < 4.78 is 0. The van der Waals surface area contributed by atoms with Gasteiger partial charge in [-0.05, 0) is 78.3 Å². The third-order valence-corrected chi connectivity index (χ3v) is 9.47. The highest BCUT2D eigenvalue weighted by molar-refractivity contribution is 6.21. The number of nitrogens with zero attached hydrogens (tertiary/aromatic N) is 1. The van der Waals surface area contributed by atoms with E-state index in [9.17, 15) is 0 Å². The summed E-state index contributed by atoms with van der Waals surface area (Å²) >= 11 is 0. The molecule has 0 spiro atoms. The highest BCUT2D eigenvalue weighted by Gasteiger charge is 2.20. The van der Waals surface area contributed by atoms with Crippen molar-refractivity contribution in [2.75, 3.05) is 0 Å². The van der Waals surface area contributed by atoms with Gasteiger partial charge in [-0.1, -0.05) is 164 Å². The highest BCUT2D eigenvalue weighted by atomic mass is 15.0. The smallest absolute Gasteiger partial charge is 0.134 e. The molecule has 1 aliphatic heterocycles. The van der Waals surface area contributed by atoms with Gasteiger partial charge < -0.3 is 5.32 Å². The van der Waals surface area contributed by atoms with Gasteiger partial charge in [-0.2, -0.15) is 0 Å². The van der Waals surface area contributed by atoms with Crippen molar-refractivity contribution in [3.8, 4) is 22.3 Å². The van der Waals surface area contributed by atoms with Crippen molar-refractivity contribution in [2.24, 2.45) is 4.99 Å². The van der Waals surface area contributed by atoms with Gasteiger partial charge in [0.25, 0.3) is 0 Å². The van der Waals surface area contributed by atoms with Crippen molar-refractivity contribution < 1.29 is 0 Å². The van der Waals surface area contributed by atoms with Crippen LogP contribution in [0.3, 0.4) is 0 Å². The minimum atomic E-state index is 0.0207. The molecule has 0 saturated heterocycles. The van der Waals surface area contributed by atoms with Gasteiger partial charge in [-0.15, -0.1) is 0 Å². The van der Waals surface area contributed by atoms with Crippen molar-refractivity contribution in [2.45, 2.75) is 6.04 Å². The number of aliphatic imine (C=N–C) groups is 1. The second-order valence-electron chi connectivity index (χ2n) is 12.4. The van der Waals surface area contributed by atoms with E-state index < -0.39 is 0 Å². The Balaban J connectivity index is 1.17. The maximum absolute atomic E-state index is 5.14. The summed E-state index contributed by atoms with van der Waals surface area (Å²) in [4.78, 5) is 5.14. The van der Waals surface area contributed by atoms with Gasteiger partial charge in [0.15, 0.2) is 0 Å². The Bertz CT molecular complexity index is 2460. The number of benzene rings is 8. The minimum Gasteiger partial charge on any atom is -0.359 e. The van der Waals surface area contributed by atoms with Gasteiger partial charge in [0.1, 0.15) is 5.84 Å². The first-order chi connectivity index (χ1) is 23.8. The molecule has 0 radical (unpaired) electrons. The molecule has 0 fully saturated rings. The third kappa shape index (κ3) is 4.96. The van der Waals surface area contributed by atoms with Crippen LogP contribution in [0.2, 0.25) is 0 Å². The van der Waals surface area contributed by atoms with Crippen LogP contribution in [0.25, 0.3) is 60.3 Å². The fourth-order valence-corrected chi connectivity index (χ4v) is 7.20. The van der Waals surface area contributed by atoms with E-state index >= 15 is 0 Å². The van der Waals surface area contributed by atoms with Gasteiger partial charge in [0.2, 0.25) is 0 Å². The van der Waals surface area contributed by atoms with E-state index in [4.69, 9.17) is 4.99 Å². The number of rotatable bonds is 5. The molecule has 1 aliphatic rings. The molecule has 0 aromatic heterocycles. The quantitative estimate of drug-likeness (QED) is 0.192. The SMILES string of the molecule is C1=C(c2ccc3cc(-c4c5ccccc5c(-c5ccccc5)c5ccccc45)ccc3c2)N=C(c2ccccc2)NC1c1ccccc1. The molecule has 9 rings (SSSR count). The number of amidine groups is 1. The fourth-order valence-electron chi connectivity index (χ4n) is 7.20. The first-order valence-corrected chi connectivity index (χ1v) is 16.5. The second-order valence-corrected chi connectivity index (χ2v) is 12.4. The largest absolute Gasteiger partial charge is 0.359 e. The average Bonchev–Trinajstić information content (AvgIpc) is 3.17. The Morgan fingerprint density at radius 3 is 1.44 bits per heavy atom. The number of hydrogen-bond acceptors (Lipinski definition) is 2. The summed E-state index contributed by atoms with van der Waals surface area (Å²) in [6, 6.07) is 63.1. The lowest BCUT2D eigenvalue weighted by atomic mass is 9.85. The zero-order valence-electron chi connectivity index (χ0n) is 26.3. The summed E-state index contributed by atoms with van der Waals surface area (Å²) in [7, 11) is 0. The van der Waals surface area contributed by atoms with Crippen LogP contribution in [-0.2, 0) is 0 Å². The van der Waals surface area contributed by atoms with Gasteiger partial charge >= 0.3 is 0 Å². The van der Waals surface area contributed by atoms with E-state index in [1.165, 1.54) is 60.1 Å². The molecule has 2 nitrogen and oxygen atoms in total. The van der Waals surface area contributed by atoms with Crippen LogP contribution in [0.1, 0.15) is 22.7 Å². The van der Waals surface area contributed by atoms with Gasteiger partial charge in [-0.25, -0.2) is 4.99 Å². The molecule has 0 saturated carbocycles. The van der Waals surface area contributed by atoms with Crippen LogP contribution in [-0.4, -0.2) is 5.84 Å². The molecule has 0 bridgehead atoms. The minimum absolute atomic E-state index is 0.0207. The van der Waals surface area contributed by atoms with E-state index in [0.717, 1.165) is 22.7 Å². The molecule has 226 valence electrons. The van der Waals surface area contributed by atoms with E-state index in [2.05, 4.69) is 181 Å². The molecule has 1 N–H and O–H groups in total. The van der Waals surface area contributed by atoms with Crippen molar-refractivity contribution in [1.82, 2.24) is 5.32 Å². The van der Waals surface area contributed by atoms with E-state index in [1.54, 1.807) is 0 Å². The molecule has 2 heteroatoms. The van der Waals surface area contributed by atoms with Crippen LogP contribution >= 0.6 is 0 Å². The first kappa shape index (κ1) is 28.0. The lowest BCUT2D eigenvalue weighted by molar-refractivity contribution is 0.781. The summed E-state index contributed by atoms with van der Waals surface area (Å²) in [5.41, 5.74) is 9.38. The predicted molar refractivity (Wildman–Crippen MR) is 203 cm³/mol. The molecule has 0 amide bonds. The van der Waals surface area contributed by atoms with Crippen LogP contribution in [0.4, 0.5) is 0 Å². The van der Waals surface area contributed by atoms with E-state index in [0.29, 0.717) is 0 Å². The topological polar surface area (TPSA) is 24.4 Å². The molecule has 1 unspecified atom stereocenters. The lowest BCUT2D eigenvalue weighted by Gasteiger charge is -2.24. The molecule has 1 heterocycles. The zero-order valence-corrected chi connectivity index (χ0v) is 26.3. The molecular formula is C46H32N2. The Morgan fingerprint density at radius 1 is 0.396 bits per heavy atom. The Labute approximate surface area is 280 Å². The molecule has 0 aliphatic carbocycles. The molecule has 1 atom stereocenters. The first-order valence-electron chi connectivity index (χ1n) is 16.5. The Hall–Kier alpha value is -6.25. The fraction of sp³-hybridized carbons (Fsp3) is 0.0217. The van der Waals surface area contributed by atoms with Gasteiger partial charge in [0, 0.05) is 11.1 Å². The van der Waals surface area contributed by atoms with E-state index in [1.807, 2.05) is 6.07 Å². The van der Waals surface area contributed by atoms with Crippen LogP contribution < -0.4 is 5.32 Å². The van der Waals surface area contributed by atoms with Crippen molar-refractivity contribution >= 4 is 43.9 Å². The molecule has 48 heavy (non-hydrogen) atoms. The third-order valence-electron chi connectivity index (χ3n) is 9.47. The number of hydrogen-bond donors (Lipinski definition) is 1. The summed E-state index contributed by atoms with van der Waals surface area (Å²) in [5, 5.41) is 11.1. The standard InChI is InChI=1S/C46H32N2/c1-4-14-31(15-5-1)42-30-43(48-46(47-42)33-18-8-3-9-19-33)36-26-24-35-29-37(27-25-34(35)28-36)45-40-22-12-10-20-38(40)44(32-16-6-2-7-17-32)39-21-11-13-23-41(39)45/h1-30,42H,(H,47,48). The monoisotopic (exact) mass is 612 g/mol. The number of nitrogens with one attached hydrogen (secondary N) is 1. The second kappa shape index (κ2) is 11.8. The maximum atomic E-state index is 5.14.